The minimum atomic E-state index is 0.304. The van der Waals surface area contributed by atoms with Crippen molar-refractivity contribution in [3.05, 3.63) is 33.3 Å². The average molecular weight is 333 g/mol. The zero-order valence-electron chi connectivity index (χ0n) is 11.7. The molecule has 0 spiro atoms. The highest BCUT2D eigenvalue weighted by molar-refractivity contribution is 9.10. The SMILES string of the molecule is CNC(CCCc1ccc(Br)cc1Cl)C(C)(C)C. The molecule has 1 aromatic carbocycles. The maximum Gasteiger partial charge on any atom is 0.0449 e. The van der Waals surface area contributed by atoms with E-state index in [1.54, 1.807) is 0 Å². The van der Waals surface area contributed by atoms with Crippen LogP contribution >= 0.6 is 27.5 Å². The summed E-state index contributed by atoms with van der Waals surface area (Å²) in [7, 11) is 2.04. The molecule has 18 heavy (non-hydrogen) atoms. The lowest BCUT2D eigenvalue weighted by molar-refractivity contribution is 0.263. The minimum absolute atomic E-state index is 0.304. The predicted molar refractivity (Wildman–Crippen MR) is 84.4 cm³/mol. The summed E-state index contributed by atoms with van der Waals surface area (Å²) in [6, 6.07) is 6.68. The van der Waals surface area contributed by atoms with E-state index in [0.29, 0.717) is 11.5 Å². The predicted octanol–water partition coefficient (Wildman–Crippen LogP) is 5.06. The minimum Gasteiger partial charge on any atom is -0.316 e. The number of hydrogen-bond acceptors (Lipinski definition) is 1. The second-order valence-electron chi connectivity index (χ2n) is 5.84. The fraction of sp³-hybridized carbons (Fsp3) is 0.600. The number of halogens is 2. The van der Waals surface area contributed by atoms with E-state index in [-0.39, 0.29) is 0 Å². The van der Waals surface area contributed by atoms with Crippen molar-refractivity contribution < 1.29 is 0 Å². The Hall–Kier alpha value is -0.0500. The number of benzene rings is 1. The molecule has 0 saturated heterocycles. The van der Waals surface area contributed by atoms with E-state index in [1.807, 2.05) is 13.1 Å². The lowest BCUT2D eigenvalue weighted by Gasteiger charge is -2.30. The molecule has 0 aromatic heterocycles. The Morgan fingerprint density at radius 2 is 2.00 bits per heavy atom. The molecule has 1 nitrogen and oxygen atoms in total. The molecule has 0 fully saturated rings. The van der Waals surface area contributed by atoms with Gasteiger partial charge in [0.2, 0.25) is 0 Å². The Morgan fingerprint density at radius 3 is 2.50 bits per heavy atom. The third-order valence-electron chi connectivity index (χ3n) is 3.35. The maximum atomic E-state index is 6.22. The summed E-state index contributed by atoms with van der Waals surface area (Å²) in [5, 5.41) is 4.27. The van der Waals surface area contributed by atoms with Crippen molar-refractivity contribution in [2.75, 3.05) is 7.05 Å². The van der Waals surface area contributed by atoms with Crippen LogP contribution < -0.4 is 5.32 Å². The maximum absolute atomic E-state index is 6.22. The first-order chi connectivity index (χ1) is 8.34. The first-order valence-corrected chi connectivity index (χ1v) is 7.63. The van der Waals surface area contributed by atoms with Crippen LogP contribution in [0.5, 0.6) is 0 Å². The normalized spacial score (nSPS) is 13.7. The van der Waals surface area contributed by atoms with Gasteiger partial charge in [-0.3, -0.25) is 0 Å². The molecule has 1 unspecified atom stereocenters. The van der Waals surface area contributed by atoms with E-state index in [2.05, 4.69) is 54.2 Å². The molecule has 102 valence electrons. The highest BCUT2D eigenvalue weighted by Gasteiger charge is 2.22. The molecule has 0 saturated carbocycles. The van der Waals surface area contributed by atoms with E-state index in [0.717, 1.165) is 22.3 Å². The van der Waals surface area contributed by atoms with Gasteiger partial charge in [-0.2, -0.15) is 0 Å². The smallest absolute Gasteiger partial charge is 0.0449 e. The highest BCUT2D eigenvalue weighted by Crippen LogP contribution is 2.26. The van der Waals surface area contributed by atoms with Gasteiger partial charge in [-0.05, 0) is 49.4 Å². The van der Waals surface area contributed by atoms with Crippen molar-refractivity contribution in [3.8, 4) is 0 Å². The van der Waals surface area contributed by atoms with Gasteiger partial charge in [-0.15, -0.1) is 0 Å². The van der Waals surface area contributed by atoms with Crippen molar-refractivity contribution in [2.24, 2.45) is 5.41 Å². The van der Waals surface area contributed by atoms with Gasteiger partial charge in [0.15, 0.2) is 0 Å². The first-order valence-electron chi connectivity index (χ1n) is 6.46. The Morgan fingerprint density at radius 1 is 1.33 bits per heavy atom. The largest absolute Gasteiger partial charge is 0.316 e. The molecule has 1 atom stereocenters. The van der Waals surface area contributed by atoms with Crippen LogP contribution in [0.2, 0.25) is 5.02 Å². The molecular weight excluding hydrogens is 310 g/mol. The Labute approximate surface area is 124 Å². The van der Waals surface area contributed by atoms with Gasteiger partial charge in [-0.25, -0.2) is 0 Å². The third-order valence-corrected chi connectivity index (χ3v) is 4.19. The fourth-order valence-corrected chi connectivity index (χ4v) is 3.00. The molecule has 0 amide bonds. The summed E-state index contributed by atoms with van der Waals surface area (Å²) < 4.78 is 1.04. The van der Waals surface area contributed by atoms with Crippen LogP contribution in [0, 0.1) is 5.41 Å². The Balaban J connectivity index is 2.51. The molecule has 0 aliphatic heterocycles. The van der Waals surface area contributed by atoms with Gasteiger partial charge in [0, 0.05) is 15.5 Å². The number of nitrogens with one attached hydrogen (secondary N) is 1. The molecule has 0 aliphatic rings. The summed E-state index contributed by atoms with van der Waals surface area (Å²) in [6.45, 7) is 6.84. The van der Waals surface area contributed by atoms with Crippen molar-refractivity contribution >= 4 is 27.5 Å². The van der Waals surface area contributed by atoms with Crippen LogP contribution in [0.1, 0.15) is 39.2 Å². The van der Waals surface area contributed by atoms with Gasteiger partial charge < -0.3 is 5.32 Å². The van der Waals surface area contributed by atoms with Crippen molar-refractivity contribution in [1.29, 1.82) is 0 Å². The molecule has 0 heterocycles. The van der Waals surface area contributed by atoms with Crippen LogP contribution in [0.25, 0.3) is 0 Å². The Bertz CT molecular complexity index is 385. The standard InChI is InChI=1S/C15H23BrClN/c1-15(2,3)14(18-4)7-5-6-11-8-9-12(16)10-13(11)17/h8-10,14,18H,5-7H2,1-4H3. The quantitative estimate of drug-likeness (QED) is 0.794. The van der Waals surface area contributed by atoms with Crippen molar-refractivity contribution in [1.82, 2.24) is 5.32 Å². The summed E-state index contributed by atoms with van der Waals surface area (Å²) in [6.07, 6.45) is 3.37. The van der Waals surface area contributed by atoms with Crippen LogP contribution in [0.15, 0.2) is 22.7 Å². The van der Waals surface area contributed by atoms with Gasteiger partial charge in [0.05, 0.1) is 0 Å². The lowest BCUT2D eigenvalue weighted by Crippen LogP contribution is -2.37. The molecular formula is C15H23BrClN. The molecule has 0 aliphatic carbocycles. The zero-order valence-corrected chi connectivity index (χ0v) is 14.0. The molecule has 1 rings (SSSR count). The van der Waals surface area contributed by atoms with E-state index in [9.17, 15) is 0 Å². The van der Waals surface area contributed by atoms with Gasteiger partial charge in [0.25, 0.3) is 0 Å². The van der Waals surface area contributed by atoms with Crippen molar-refractivity contribution in [3.63, 3.8) is 0 Å². The van der Waals surface area contributed by atoms with Gasteiger partial charge in [0.1, 0.15) is 0 Å². The second kappa shape index (κ2) is 6.93. The molecule has 0 bridgehead atoms. The van der Waals surface area contributed by atoms with Crippen LogP contribution in [0.3, 0.4) is 0 Å². The van der Waals surface area contributed by atoms with Gasteiger partial charge in [-0.1, -0.05) is 54.4 Å². The van der Waals surface area contributed by atoms with Crippen LogP contribution in [-0.2, 0) is 6.42 Å². The average Bonchev–Trinajstić information content (AvgIpc) is 2.25. The lowest BCUT2D eigenvalue weighted by atomic mass is 9.83. The molecule has 0 radical (unpaired) electrons. The molecule has 3 heteroatoms. The number of rotatable bonds is 5. The van der Waals surface area contributed by atoms with Crippen molar-refractivity contribution in [2.45, 2.75) is 46.1 Å². The van der Waals surface area contributed by atoms with Crippen LogP contribution in [-0.4, -0.2) is 13.1 Å². The highest BCUT2D eigenvalue weighted by atomic mass is 79.9. The van der Waals surface area contributed by atoms with Gasteiger partial charge >= 0.3 is 0 Å². The summed E-state index contributed by atoms with van der Waals surface area (Å²) in [5.41, 5.74) is 1.54. The second-order valence-corrected chi connectivity index (χ2v) is 7.16. The number of hydrogen-bond donors (Lipinski definition) is 1. The fourth-order valence-electron chi connectivity index (χ4n) is 2.23. The third kappa shape index (κ3) is 4.91. The summed E-state index contributed by atoms with van der Waals surface area (Å²) >= 11 is 9.65. The first kappa shape index (κ1) is 16.0. The van der Waals surface area contributed by atoms with E-state index < -0.39 is 0 Å². The zero-order chi connectivity index (χ0) is 13.8. The van der Waals surface area contributed by atoms with Crippen LogP contribution in [0.4, 0.5) is 0 Å². The number of aryl methyl sites for hydroxylation is 1. The monoisotopic (exact) mass is 331 g/mol. The summed E-state index contributed by atoms with van der Waals surface area (Å²) in [4.78, 5) is 0. The molecule has 1 N–H and O–H groups in total. The summed E-state index contributed by atoms with van der Waals surface area (Å²) in [5.74, 6) is 0. The molecule has 1 aromatic rings. The van der Waals surface area contributed by atoms with E-state index in [1.165, 1.54) is 12.0 Å². The van der Waals surface area contributed by atoms with E-state index >= 15 is 0 Å². The Kier molecular flexibility index (Phi) is 6.16. The van der Waals surface area contributed by atoms with E-state index in [4.69, 9.17) is 11.6 Å². The topological polar surface area (TPSA) is 12.0 Å².